The van der Waals surface area contributed by atoms with Crippen molar-refractivity contribution in [3.8, 4) is 5.82 Å². The van der Waals surface area contributed by atoms with Gasteiger partial charge < -0.3 is 4.74 Å². The molecule has 7 heteroatoms. The topological polar surface area (TPSA) is 69.9 Å². The van der Waals surface area contributed by atoms with Crippen LogP contribution < -0.4 is 0 Å². The Morgan fingerprint density at radius 3 is 2.78 bits per heavy atom. The van der Waals surface area contributed by atoms with Crippen molar-refractivity contribution in [1.29, 1.82) is 0 Å². The van der Waals surface area contributed by atoms with E-state index < -0.39 is 5.97 Å². The molecule has 0 aliphatic carbocycles. The number of esters is 1. The van der Waals surface area contributed by atoms with E-state index in [-0.39, 0.29) is 6.61 Å². The highest BCUT2D eigenvalue weighted by molar-refractivity contribution is 6.32. The molecule has 3 heterocycles. The Bertz CT molecular complexity index is 1110. The lowest BCUT2D eigenvalue weighted by molar-refractivity contribution is 0.0467. The van der Waals surface area contributed by atoms with Gasteiger partial charge in [-0.15, -0.1) is 0 Å². The van der Waals surface area contributed by atoms with Crippen LogP contribution in [0, 0.1) is 6.92 Å². The molecule has 0 fully saturated rings. The third-order valence-electron chi connectivity index (χ3n) is 4.21. The van der Waals surface area contributed by atoms with Gasteiger partial charge in [-0.05, 0) is 36.8 Å². The second-order valence-corrected chi connectivity index (χ2v) is 6.32. The number of benzene rings is 1. The number of para-hydroxylation sites is 1. The van der Waals surface area contributed by atoms with E-state index in [1.165, 1.54) is 6.20 Å². The van der Waals surface area contributed by atoms with Crippen molar-refractivity contribution < 1.29 is 9.53 Å². The first-order chi connectivity index (χ1) is 13.1. The van der Waals surface area contributed by atoms with Gasteiger partial charge >= 0.3 is 5.97 Å². The summed E-state index contributed by atoms with van der Waals surface area (Å²) in [4.78, 5) is 21.1. The quantitative estimate of drug-likeness (QED) is 0.499. The van der Waals surface area contributed by atoms with Crippen LogP contribution in [0.15, 0.2) is 61.1 Å². The van der Waals surface area contributed by atoms with E-state index in [0.717, 1.165) is 16.5 Å². The second-order valence-electron chi connectivity index (χ2n) is 5.95. The Hall–Kier alpha value is -3.25. The fourth-order valence-electron chi connectivity index (χ4n) is 2.78. The monoisotopic (exact) mass is 378 g/mol. The minimum absolute atomic E-state index is 0.00967. The number of rotatable bonds is 4. The fourth-order valence-corrected chi connectivity index (χ4v) is 2.98. The van der Waals surface area contributed by atoms with Gasteiger partial charge in [0.1, 0.15) is 6.61 Å². The average Bonchev–Trinajstić information content (AvgIpc) is 3.24. The largest absolute Gasteiger partial charge is 0.455 e. The molecule has 0 spiro atoms. The number of aromatic nitrogens is 4. The average molecular weight is 379 g/mol. The Morgan fingerprint density at radius 1 is 1.19 bits per heavy atom. The lowest BCUT2D eigenvalue weighted by Crippen LogP contribution is -2.08. The molecule has 0 amide bonds. The number of carbonyl (C=O) groups is 1. The van der Waals surface area contributed by atoms with Gasteiger partial charge in [-0.2, -0.15) is 5.10 Å². The van der Waals surface area contributed by atoms with Crippen LogP contribution in [0.4, 0.5) is 0 Å². The molecule has 0 unspecified atom stereocenters. The van der Waals surface area contributed by atoms with Gasteiger partial charge in [0, 0.05) is 24.0 Å². The van der Waals surface area contributed by atoms with Crippen LogP contribution in [0.1, 0.15) is 21.6 Å². The van der Waals surface area contributed by atoms with Crippen LogP contribution in [0.3, 0.4) is 0 Å². The summed E-state index contributed by atoms with van der Waals surface area (Å²) >= 11 is 6.40. The van der Waals surface area contributed by atoms with Gasteiger partial charge in [0.05, 0.1) is 21.8 Å². The highest BCUT2D eigenvalue weighted by Crippen LogP contribution is 2.27. The van der Waals surface area contributed by atoms with Crippen molar-refractivity contribution in [3.63, 3.8) is 0 Å². The van der Waals surface area contributed by atoms with Gasteiger partial charge in [-0.25, -0.2) is 19.4 Å². The normalized spacial score (nSPS) is 10.9. The molecule has 0 saturated heterocycles. The zero-order valence-electron chi connectivity index (χ0n) is 14.5. The molecule has 0 N–H and O–H groups in total. The molecular formula is C20H15ClN4O2. The minimum Gasteiger partial charge on any atom is -0.455 e. The predicted octanol–water partition coefficient (Wildman–Crippen LogP) is 4.13. The smallest absolute Gasteiger partial charge is 0.340 e. The number of ether oxygens (including phenoxy) is 1. The molecule has 0 aliphatic rings. The zero-order valence-corrected chi connectivity index (χ0v) is 15.2. The van der Waals surface area contributed by atoms with Crippen molar-refractivity contribution in [1.82, 2.24) is 19.7 Å². The fraction of sp³-hybridized carbons (Fsp3) is 0.100. The summed E-state index contributed by atoms with van der Waals surface area (Å²) in [5, 5.41) is 5.59. The number of aryl methyl sites for hydroxylation is 1. The van der Waals surface area contributed by atoms with Gasteiger partial charge in [0.25, 0.3) is 0 Å². The first kappa shape index (κ1) is 17.2. The van der Waals surface area contributed by atoms with E-state index in [0.29, 0.717) is 22.1 Å². The zero-order chi connectivity index (χ0) is 18.8. The minimum atomic E-state index is -0.488. The van der Waals surface area contributed by atoms with Crippen LogP contribution in [0.25, 0.3) is 16.7 Å². The van der Waals surface area contributed by atoms with E-state index >= 15 is 0 Å². The Balaban J connectivity index is 1.51. The third-order valence-corrected chi connectivity index (χ3v) is 4.71. The molecule has 1 aromatic carbocycles. The lowest BCUT2D eigenvalue weighted by atomic mass is 10.1. The number of hydrogen-bond donors (Lipinski definition) is 0. The summed E-state index contributed by atoms with van der Waals surface area (Å²) in [6.45, 7) is 1.92. The molecule has 27 heavy (non-hydrogen) atoms. The van der Waals surface area contributed by atoms with E-state index in [9.17, 15) is 4.79 Å². The van der Waals surface area contributed by atoms with E-state index in [1.54, 1.807) is 35.3 Å². The van der Waals surface area contributed by atoms with Crippen molar-refractivity contribution in [2.75, 3.05) is 0 Å². The Morgan fingerprint density at radius 2 is 2.04 bits per heavy atom. The molecule has 0 bridgehead atoms. The first-order valence-electron chi connectivity index (χ1n) is 8.30. The summed E-state index contributed by atoms with van der Waals surface area (Å²) in [7, 11) is 0. The molecule has 4 aromatic rings. The number of halogens is 1. The molecule has 134 valence electrons. The molecule has 0 aliphatic heterocycles. The Labute approximate surface area is 160 Å². The molecule has 0 radical (unpaired) electrons. The number of carbonyl (C=O) groups excluding carboxylic acids is 1. The molecule has 3 aromatic heterocycles. The second kappa shape index (κ2) is 7.17. The van der Waals surface area contributed by atoms with Gasteiger partial charge in [-0.3, -0.25) is 0 Å². The van der Waals surface area contributed by atoms with Crippen LogP contribution in [0.5, 0.6) is 0 Å². The molecule has 0 saturated carbocycles. The van der Waals surface area contributed by atoms with Gasteiger partial charge in [0.15, 0.2) is 5.82 Å². The molecular weight excluding hydrogens is 364 g/mol. The van der Waals surface area contributed by atoms with Crippen LogP contribution in [0.2, 0.25) is 5.02 Å². The maximum atomic E-state index is 12.3. The van der Waals surface area contributed by atoms with E-state index in [4.69, 9.17) is 16.3 Å². The summed E-state index contributed by atoms with van der Waals surface area (Å²) in [5.74, 6) is 0.129. The molecule has 6 nitrogen and oxygen atoms in total. The predicted molar refractivity (Wildman–Crippen MR) is 102 cm³/mol. The summed E-state index contributed by atoms with van der Waals surface area (Å²) in [6, 6.07) is 12.9. The standard InChI is InChI=1S/C20H15ClN4O2/c1-13-15-5-2-3-6-16(15)24-17(19(13)21)12-27-20(26)14-7-8-18(22-11-14)25-10-4-9-23-25/h2-11H,12H2,1H3. The highest BCUT2D eigenvalue weighted by atomic mass is 35.5. The van der Waals surface area contributed by atoms with Crippen LogP contribution in [-0.2, 0) is 11.3 Å². The van der Waals surface area contributed by atoms with Crippen molar-refractivity contribution >= 4 is 28.5 Å². The lowest BCUT2D eigenvalue weighted by Gasteiger charge is -2.10. The number of nitrogens with zero attached hydrogens (tertiary/aromatic N) is 4. The third kappa shape index (κ3) is 3.39. The molecule has 4 rings (SSSR count). The van der Waals surface area contributed by atoms with E-state index in [1.807, 2.05) is 31.2 Å². The first-order valence-corrected chi connectivity index (χ1v) is 8.68. The highest BCUT2D eigenvalue weighted by Gasteiger charge is 2.14. The van der Waals surface area contributed by atoms with Crippen molar-refractivity contribution in [2.45, 2.75) is 13.5 Å². The van der Waals surface area contributed by atoms with Crippen LogP contribution >= 0.6 is 11.6 Å². The summed E-state index contributed by atoms with van der Waals surface area (Å²) in [6.07, 6.45) is 4.89. The van der Waals surface area contributed by atoms with Crippen molar-refractivity contribution in [2.24, 2.45) is 0 Å². The summed E-state index contributed by atoms with van der Waals surface area (Å²) < 4.78 is 6.99. The number of hydrogen-bond acceptors (Lipinski definition) is 5. The van der Waals surface area contributed by atoms with E-state index in [2.05, 4.69) is 15.1 Å². The maximum Gasteiger partial charge on any atom is 0.340 e. The molecule has 0 atom stereocenters. The van der Waals surface area contributed by atoms with Gasteiger partial charge in [-0.1, -0.05) is 29.8 Å². The number of pyridine rings is 2. The van der Waals surface area contributed by atoms with Crippen molar-refractivity contribution in [3.05, 3.63) is 82.9 Å². The summed E-state index contributed by atoms with van der Waals surface area (Å²) in [5.41, 5.74) is 2.61. The van der Waals surface area contributed by atoms with Gasteiger partial charge in [0.2, 0.25) is 0 Å². The number of fused-ring (bicyclic) bond motifs is 1. The maximum absolute atomic E-state index is 12.3. The Kier molecular flexibility index (Phi) is 4.56. The van der Waals surface area contributed by atoms with Crippen LogP contribution in [-0.4, -0.2) is 25.7 Å². The SMILES string of the molecule is Cc1c(Cl)c(COC(=O)c2ccc(-n3cccn3)nc2)nc2ccccc12.